The third-order valence-corrected chi connectivity index (χ3v) is 13.4. The largest absolute Gasteiger partial charge is 0.368 e. The molecule has 14 heteroatoms. The lowest BCUT2D eigenvalue weighted by Crippen LogP contribution is -2.63. The molecule has 1 unspecified atom stereocenters. The van der Waals surface area contributed by atoms with Crippen LogP contribution in [0.1, 0.15) is 65.3 Å². The average molecular weight is 776 g/mol. The molecule has 0 bridgehead atoms. The van der Waals surface area contributed by atoms with Gasteiger partial charge in [0, 0.05) is 107 Å². The van der Waals surface area contributed by atoms with Gasteiger partial charge in [-0.3, -0.25) is 39.2 Å². The molecule has 1 aromatic heterocycles. The highest BCUT2D eigenvalue weighted by Gasteiger charge is 2.46. The molecular formula is C42H46ClN9O4. The number of aromatic nitrogens is 1. The number of carbonyl (C=O) groups excluding carboxylic acids is 4. The number of hydrogen-bond donors (Lipinski definition) is 1. The maximum atomic E-state index is 13.3. The Hall–Kier alpha value is -5.03. The molecule has 3 aromatic rings. The number of benzene rings is 2. The fraction of sp³-hybridized carbons (Fsp3) is 0.476. The van der Waals surface area contributed by atoms with Crippen molar-refractivity contribution in [1.82, 2.24) is 25.0 Å². The van der Waals surface area contributed by atoms with Crippen molar-refractivity contribution in [3.63, 3.8) is 0 Å². The van der Waals surface area contributed by atoms with Crippen LogP contribution < -0.4 is 20.0 Å². The summed E-state index contributed by atoms with van der Waals surface area (Å²) in [5, 5.41) is 2.77. The zero-order valence-corrected chi connectivity index (χ0v) is 32.4. The molecule has 5 fully saturated rings. The van der Waals surface area contributed by atoms with Crippen molar-refractivity contribution < 1.29 is 19.2 Å². The number of hydrogen-bond acceptors (Lipinski definition) is 10. The summed E-state index contributed by atoms with van der Waals surface area (Å²) < 4.78 is 0. The number of nitrogens with one attached hydrogen (secondary N) is 1. The Labute approximate surface area is 332 Å². The Morgan fingerprint density at radius 3 is 2.34 bits per heavy atom. The second-order valence-corrected chi connectivity index (χ2v) is 16.9. The SMILES string of the molecule is [C-]#[N+]c1ccc(N2CC3(CCN(c4ccc(CN5CCN(C6CN(c7ccc8c(c7)C(=O)N(C7CCC(=O)NC7=O)C8=O)C6)CC5)cn4)CC3)C[C@@H]2C)cc1Cl. The van der Waals surface area contributed by atoms with Crippen molar-refractivity contribution in [2.45, 2.75) is 63.7 Å². The summed E-state index contributed by atoms with van der Waals surface area (Å²) in [5.41, 5.74) is 4.65. The molecule has 13 nitrogen and oxygen atoms in total. The Morgan fingerprint density at radius 2 is 1.64 bits per heavy atom. The Morgan fingerprint density at radius 1 is 0.893 bits per heavy atom. The molecule has 0 radical (unpaired) electrons. The second-order valence-electron chi connectivity index (χ2n) is 16.5. The van der Waals surface area contributed by atoms with Gasteiger partial charge >= 0.3 is 0 Å². The number of amides is 4. The van der Waals surface area contributed by atoms with Crippen molar-refractivity contribution in [3.8, 4) is 0 Å². The van der Waals surface area contributed by atoms with Crippen LogP contribution in [0.2, 0.25) is 5.02 Å². The van der Waals surface area contributed by atoms with E-state index in [0.29, 0.717) is 33.9 Å². The van der Waals surface area contributed by atoms with Crippen molar-refractivity contribution in [2.24, 2.45) is 5.41 Å². The predicted molar refractivity (Wildman–Crippen MR) is 213 cm³/mol. The highest BCUT2D eigenvalue weighted by atomic mass is 35.5. The van der Waals surface area contributed by atoms with Gasteiger partial charge in [-0.15, -0.1) is 0 Å². The van der Waals surface area contributed by atoms with E-state index < -0.39 is 23.8 Å². The first-order valence-electron chi connectivity index (χ1n) is 19.8. The highest BCUT2D eigenvalue weighted by Crippen LogP contribution is 2.46. The van der Waals surface area contributed by atoms with Gasteiger partial charge in [0.25, 0.3) is 11.8 Å². The number of piperazine rings is 1. The number of nitrogens with zero attached hydrogens (tertiary/aromatic N) is 8. The van der Waals surface area contributed by atoms with Crippen molar-refractivity contribution in [3.05, 3.63) is 87.9 Å². The van der Waals surface area contributed by atoms with Gasteiger partial charge in [0.2, 0.25) is 17.5 Å². The first-order valence-corrected chi connectivity index (χ1v) is 20.2. The lowest BCUT2D eigenvalue weighted by Gasteiger charge is -2.49. The molecule has 5 saturated heterocycles. The van der Waals surface area contributed by atoms with E-state index in [1.165, 1.54) is 5.56 Å². The lowest BCUT2D eigenvalue weighted by atomic mass is 9.77. The van der Waals surface area contributed by atoms with Crippen LogP contribution in [0, 0.1) is 12.0 Å². The zero-order chi connectivity index (χ0) is 38.7. The van der Waals surface area contributed by atoms with Gasteiger partial charge in [0.05, 0.1) is 17.7 Å². The number of fused-ring (bicyclic) bond motifs is 1. The molecule has 1 N–H and O–H groups in total. The van der Waals surface area contributed by atoms with E-state index in [1.807, 2.05) is 30.5 Å². The fourth-order valence-corrected chi connectivity index (χ4v) is 10.0. The van der Waals surface area contributed by atoms with Crippen LogP contribution in [0.25, 0.3) is 4.85 Å². The van der Waals surface area contributed by atoms with E-state index in [9.17, 15) is 19.2 Å². The number of imide groups is 2. The van der Waals surface area contributed by atoms with Crippen LogP contribution in [-0.4, -0.2) is 120 Å². The first-order chi connectivity index (χ1) is 27.1. The number of carbonyl (C=O) groups is 4. The standard InChI is InChI=1S/C42H46ClN9O4/c1-27-21-42(26-51(27)30-5-7-35(44-2)34(43)20-30)11-13-49(14-12-42)37-9-3-28(22-45-37)23-47-15-17-48(18-16-47)31-24-50(25-31)29-4-6-32-33(19-29)41(56)52(40(32)55)36-8-10-38(53)46-39(36)54/h3-7,9,19-20,22,27,31,36H,8,10-18,21,23-26H2,1H3,(H,46,53,54)/t27-,36?/m0/s1. The molecule has 0 aliphatic carbocycles. The Bertz CT molecular complexity index is 2120. The summed E-state index contributed by atoms with van der Waals surface area (Å²) in [6.07, 6.45) is 5.72. The van der Waals surface area contributed by atoms with Crippen LogP contribution >= 0.6 is 11.6 Å². The summed E-state index contributed by atoms with van der Waals surface area (Å²) in [5.74, 6) is -0.878. The Kier molecular flexibility index (Phi) is 9.46. The van der Waals surface area contributed by atoms with Gasteiger partial charge < -0.3 is 14.7 Å². The van der Waals surface area contributed by atoms with Crippen LogP contribution in [0.4, 0.5) is 22.9 Å². The van der Waals surface area contributed by atoms with E-state index in [2.05, 4.69) is 53.7 Å². The lowest BCUT2D eigenvalue weighted by molar-refractivity contribution is -0.136. The molecule has 0 saturated carbocycles. The molecule has 9 rings (SSSR count). The minimum absolute atomic E-state index is 0.102. The number of halogens is 1. The molecule has 6 aliphatic rings. The normalized spacial score (nSPS) is 24.4. The molecule has 2 atom stereocenters. The molecule has 4 amide bonds. The number of rotatable bonds is 7. The smallest absolute Gasteiger partial charge is 0.262 e. The number of piperidine rings is 2. The predicted octanol–water partition coefficient (Wildman–Crippen LogP) is 4.58. The summed E-state index contributed by atoms with van der Waals surface area (Å²) in [4.78, 5) is 72.0. The molecule has 2 aromatic carbocycles. The minimum atomic E-state index is -0.960. The van der Waals surface area contributed by atoms with E-state index >= 15 is 0 Å². The molecule has 6 aliphatic heterocycles. The van der Waals surface area contributed by atoms with Crippen molar-refractivity contribution in [2.75, 3.05) is 73.6 Å². The molecule has 290 valence electrons. The van der Waals surface area contributed by atoms with Gasteiger partial charge in [-0.25, -0.2) is 9.83 Å². The molecule has 7 heterocycles. The summed E-state index contributed by atoms with van der Waals surface area (Å²) >= 11 is 6.39. The van der Waals surface area contributed by atoms with Crippen LogP contribution in [-0.2, 0) is 16.1 Å². The van der Waals surface area contributed by atoms with Crippen molar-refractivity contribution in [1.29, 1.82) is 0 Å². The second kappa shape index (κ2) is 14.5. The van der Waals surface area contributed by atoms with Gasteiger partial charge in [-0.1, -0.05) is 23.7 Å². The van der Waals surface area contributed by atoms with Crippen LogP contribution in [0.5, 0.6) is 0 Å². The monoisotopic (exact) mass is 775 g/mol. The summed E-state index contributed by atoms with van der Waals surface area (Å²) in [6.45, 7) is 19.2. The van der Waals surface area contributed by atoms with Gasteiger partial charge in [-0.05, 0) is 80.0 Å². The highest BCUT2D eigenvalue weighted by molar-refractivity contribution is 6.33. The third kappa shape index (κ3) is 6.67. The van der Waals surface area contributed by atoms with E-state index in [1.54, 1.807) is 12.1 Å². The molecule has 1 spiro atoms. The van der Waals surface area contributed by atoms with Crippen molar-refractivity contribution >= 4 is 58.1 Å². The Balaban J connectivity index is 0.725. The number of pyridine rings is 1. The van der Waals surface area contributed by atoms with Gasteiger partial charge in [0.1, 0.15) is 11.9 Å². The summed E-state index contributed by atoms with van der Waals surface area (Å²) in [7, 11) is 0. The zero-order valence-electron chi connectivity index (χ0n) is 31.6. The maximum Gasteiger partial charge on any atom is 0.262 e. The van der Waals surface area contributed by atoms with Crippen LogP contribution in [0.3, 0.4) is 0 Å². The van der Waals surface area contributed by atoms with Gasteiger partial charge in [-0.2, -0.15) is 0 Å². The average Bonchev–Trinajstić information content (AvgIpc) is 3.63. The van der Waals surface area contributed by atoms with E-state index in [4.69, 9.17) is 23.2 Å². The number of anilines is 3. The topological polar surface area (TPSA) is 117 Å². The third-order valence-electron chi connectivity index (χ3n) is 13.1. The van der Waals surface area contributed by atoms with E-state index in [-0.39, 0.29) is 24.2 Å². The fourth-order valence-electron chi connectivity index (χ4n) is 9.80. The van der Waals surface area contributed by atoms with E-state index in [0.717, 1.165) is 107 Å². The quantitative estimate of drug-likeness (QED) is 0.270. The first kappa shape index (κ1) is 36.6. The van der Waals surface area contributed by atoms with Crippen LogP contribution in [0.15, 0.2) is 54.7 Å². The minimum Gasteiger partial charge on any atom is -0.368 e. The maximum absolute atomic E-state index is 13.3. The molecular weight excluding hydrogens is 730 g/mol. The van der Waals surface area contributed by atoms with Gasteiger partial charge in [0.15, 0.2) is 0 Å². The molecule has 56 heavy (non-hydrogen) atoms. The summed E-state index contributed by atoms with van der Waals surface area (Å²) in [6, 6.07) is 15.5.